The van der Waals surface area contributed by atoms with Gasteiger partial charge in [-0.1, -0.05) is 52.3 Å². The molecule has 3 nitrogen and oxygen atoms in total. The maximum atomic E-state index is 14.1. The molecule has 2 rings (SSSR count). The Labute approximate surface area is 124 Å². The molecule has 0 heterocycles. The fraction of sp³-hybridized carbons (Fsp3) is 0.200. The van der Waals surface area contributed by atoms with Crippen LogP contribution < -0.4 is 0 Å². The topological polar surface area (TPSA) is 43.1 Å². The predicted octanol–water partition coefficient (Wildman–Crippen LogP) is 4.72. The summed E-state index contributed by atoms with van der Waals surface area (Å²) in [6.45, 7) is 1.70. The molecule has 0 spiro atoms. The van der Waals surface area contributed by atoms with E-state index in [0.717, 1.165) is 0 Å². The molecular formula is C15H13BrFNO2. The number of aryl methyl sites for hydroxylation is 1. The maximum absolute atomic E-state index is 14.1. The Kier molecular flexibility index (Phi) is 4.49. The number of rotatable bonds is 4. The molecule has 2 aromatic rings. The van der Waals surface area contributed by atoms with Gasteiger partial charge in [-0.15, -0.1) is 0 Å². The Bertz CT molecular complexity index is 646. The monoisotopic (exact) mass is 337 g/mol. The molecule has 0 saturated heterocycles. The number of nitro groups is 1. The van der Waals surface area contributed by atoms with Gasteiger partial charge in [0.1, 0.15) is 5.82 Å². The molecule has 2 aromatic carbocycles. The van der Waals surface area contributed by atoms with Crippen molar-refractivity contribution in [1.82, 2.24) is 0 Å². The van der Waals surface area contributed by atoms with E-state index in [0.29, 0.717) is 23.1 Å². The van der Waals surface area contributed by atoms with Gasteiger partial charge in [-0.05, 0) is 18.9 Å². The summed E-state index contributed by atoms with van der Waals surface area (Å²) < 4.78 is 14.1. The zero-order valence-electron chi connectivity index (χ0n) is 10.8. The van der Waals surface area contributed by atoms with Crippen LogP contribution in [-0.2, 0) is 6.42 Å². The van der Waals surface area contributed by atoms with Crippen LogP contribution in [0.15, 0.2) is 42.5 Å². The van der Waals surface area contributed by atoms with Gasteiger partial charge < -0.3 is 0 Å². The van der Waals surface area contributed by atoms with E-state index in [-0.39, 0.29) is 16.3 Å². The van der Waals surface area contributed by atoms with E-state index in [2.05, 4.69) is 15.9 Å². The SMILES string of the molecule is Cc1cccc(C(Br)Cc2ccccc2[N+](=O)[O-])c1F. The van der Waals surface area contributed by atoms with Gasteiger partial charge in [0, 0.05) is 22.0 Å². The third-order valence-electron chi connectivity index (χ3n) is 3.15. The van der Waals surface area contributed by atoms with Crippen LogP contribution in [0.3, 0.4) is 0 Å². The minimum Gasteiger partial charge on any atom is -0.258 e. The van der Waals surface area contributed by atoms with Gasteiger partial charge in [0.05, 0.1) is 4.92 Å². The lowest BCUT2D eigenvalue weighted by atomic mass is 10.0. The number of benzene rings is 2. The van der Waals surface area contributed by atoms with Gasteiger partial charge in [0.2, 0.25) is 0 Å². The molecule has 1 unspecified atom stereocenters. The first-order valence-corrected chi connectivity index (χ1v) is 7.03. The summed E-state index contributed by atoms with van der Waals surface area (Å²) >= 11 is 3.43. The third-order valence-corrected chi connectivity index (χ3v) is 3.96. The normalized spacial score (nSPS) is 12.2. The van der Waals surface area contributed by atoms with Crippen molar-refractivity contribution in [2.75, 3.05) is 0 Å². The average Bonchev–Trinajstić information content (AvgIpc) is 2.42. The van der Waals surface area contributed by atoms with E-state index >= 15 is 0 Å². The summed E-state index contributed by atoms with van der Waals surface area (Å²) in [4.78, 5) is 10.3. The van der Waals surface area contributed by atoms with E-state index in [1.54, 1.807) is 43.3 Å². The van der Waals surface area contributed by atoms with E-state index < -0.39 is 4.92 Å². The van der Waals surface area contributed by atoms with Gasteiger partial charge in [-0.3, -0.25) is 10.1 Å². The summed E-state index contributed by atoms with van der Waals surface area (Å²) in [7, 11) is 0. The maximum Gasteiger partial charge on any atom is 0.272 e. The van der Waals surface area contributed by atoms with Crippen LogP contribution in [-0.4, -0.2) is 4.92 Å². The summed E-state index contributed by atoms with van der Waals surface area (Å²) in [6.07, 6.45) is 0.359. The Hall–Kier alpha value is -1.75. The highest BCUT2D eigenvalue weighted by Crippen LogP contribution is 2.32. The van der Waals surface area contributed by atoms with Gasteiger partial charge in [0.25, 0.3) is 5.69 Å². The van der Waals surface area contributed by atoms with Crippen LogP contribution in [0.1, 0.15) is 21.5 Å². The van der Waals surface area contributed by atoms with Crippen molar-refractivity contribution >= 4 is 21.6 Å². The third kappa shape index (κ3) is 3.04. The first-order chi connectivity index (χ1) is 9.50. The Balaban J connectivity index is 2.30. The quantitative estimate of drug-likeness (QED) is 0.460. The predicted molar refractivity (Wildman–Crippen MR) is 79.6 cm³/mol. The highest BCUT2D eigenvalue weighted by molar-refractivity contribution is 9.09. The van der Waals surface area contributed by atoms with Gasteiger partial charge in [0.15, 0.2) is 0 Å². The number of para-hydroxylation sites is 1. The second-order valence-electron chi connectivity index (χ2n) is 4.54. The van der Waals surface area contributed by atoms with Crippen LogP contribution in [0, 0.1) is 22.9 Å². The number of nitrogens with zero attached hydrogens (tertiary/aromatic N) is 1. The second kappa shape index (κ2) is 6.13. The molecule has 0 saturated carbocycles. The van der Waals surface area contributed by atoms with E-state index in [9.17, 15) is 14.5 Å². The minimum atomic E-state index is -0.415. The van der Waals surface area contributed by atoms with Crippen LogP contribution in [0.2, 0.25) is 0 Å². The Morgan fingerprint density at radius 1 is 1.25 bits per heavy atom. The first kappa shape index (κ1) is 14.7. The van der Waals surface area contributed by atoms with Crippen LogP contribution in [0.5, 0.6) is 0 Å². The van der Waals surface area contributed by atoms with Crippen molar-refractivity contribution in [3.05, 3.63) is 75.1 Å². The lowest BCUT2D eigenvalue weighted by Crippen LogP contribution is -2.02. The number of alkyl halides is 1. The van der Waals surface area contributed by atoms with Crippen LogP contribution in [0.25, 0.3) is 0 Å². The van der Waals surface area contributed by atoms with Crippen molar-refractivity contribution < 1.29 is 9.31 Å². The summed E-state index contributed by atoms with van der Waals surface area (Å²) in [6, 6.07) is 11.7. The molecule has 1 atom stereocenters. The second-order valence-corrected chi connectivity index (χ2v) is 5.64. The molecule has 0 aliphatic heterocycles. The summed E-state index contributed by atoms with van der Waals surface area (Å²) in [5.74, 6) is -0.270. The van der Waals surface area contributed by atoms with Crippen LogP contribution in [0.4, 0.5) is 10.1 Å². The van der Waals surface area contributed by atoms with Gasteiger partial charge >= 0.3 is 0 Å². The molecule has 0 amide bonds. The molecule has 104 valence electrons. The molecule has 0 radical (unpaired) electrons. The average molecular weight is 338 g/mol. The lowest BCUT2D eigenvalue weighted by Gasteiger charge is -2.12. The fourth-order valence-electron chi connectivity index (χ4n) is 2.08. The molecule has 0 bridgehead atoms. The van der Waals surface area contributed by atoms with Gasteiger partial charge in [-0.2, -0.15) is 0 Å². The number of nitro benzene ring substituents is 1. The van der Waals surface area contributed by atoms with Crippen molar-refractivity contribution in [3.63, 3.8) is 0 Å². The number of halogens is 2. The lowest BCUT2D eigenvalue weighted by molar-refractivity contribution is -0.385. The molecule has 0 aromatic heterocycles. The zero-order valence-corrected chi connectivity index (χ0v) is 12.4. The summed E-state index contributed by atoms with van der Waals surface area (Å²) in [5, 5.41) is 11.0. The number of hydrogen-bond acceptors (Lipinski definition) is 2. The van der Waals surface area contributed by atoms with Crippen molar-refractivity contribution in [2.24, 2.45) is 0 Å². The molecule has 0 N–H and O–H groups in total. The molecule has 0 fully saturated rings. The van der Waals surface area contributed by atoms with E-state index in [1.807, 2.05) is 0 Å². The van der Waals surface area contributed by atoms with Crippen molar-refractivity contribution in [1.29, 1.82) is 0 Å². The minimum absolute atomic E-state index is 0.0602. The molecule has 20 heavy (non-hydrogen) atoms. The van der Waals surface area contributed by atoms with Crippen LogP contribution >= 0.6 is 15.9 Å². The van der Waals surface area contributed by atoms with Gasteiger partial charge in [-0.25, -0.2) is 4.39 Å². The fourth-order valence-corrected chi connectivity index (χ4v) is 2.78. The largest absolute Gasteiger partial charge is 0.272 e. The van der Waals surface area contributed by atoms with Crippen molar-refractivity contribution in [2.45, 2.75) is 18.2 Å². The molecular weight excluding hydrogens is 325 g/mol. The number of hydrogen-bond donors (Lipinski definition) is 0. The highest BCUT2D eigenvalue weighted by atomic mass is 79.9. The van der Waals surface area contributed by atoms with Crippen molar-refractivity contribution in [3.8, 4) is 0 Å². The van der Waals surface area contributed by atoms with E-state index in [4.69, 9.17) is 0 Å². The zero-order chi connectivity index (χ0) is 14.7. The first-order valence-electron chi connectivity index (χ1n) is 6.12. The Morgan fingerprint density at radius 2 is 1.95 bits per heavy atom. The van der Waals surface area contributed by atoms with E-state index in [1.165, 1.54) is 6.07 Å². The highest BCUT2D eigenvalue weighted by Gasteiger charge is 2.19. The smallest absolute Gasteiger partial charge is 0.258 e. The molecule has 0 aliphatic carbocycles. The standard InChI is InChI=1S/C15H13BrFNO2/c1-10-5-4-7-12(15(10)17)13(16)9-11-6-2-3-8-14(11)18(19)20/h2-8,13H,9H2,1H3. The summed E-state index contributed by atoms with van der Waals surface area (Å²) in [5.41, 5.74) is 1.72. The molecule has 5 heteroatoms. The molecule has 0 aliphatic rings. The Morgan fingerprint density at radius 3 is 2.65 bits per heavy atom.